The summed E-state index contributed by atoms with van der Waals surface area (Å²) in [6.45, 7) is 4.58. The largest absolute Gasteiger partial charge is 0.352 e. The summed E-state index contributed by atoms with van der Waals surface area (Å²) in [6, 6.07) is 15.1. The van der Waals surface area contributed by atoms with Crippen LogP contribution in [0.5, 0.6) is 0 Å². The van der Waals surface area contributed by atoms with Crippen LogP contribution in [0.25, 0.3) is 0 Å². The van der Waals surface area contributed by atoms with Crippen LogP contribution in [0.1, 0.15) is 28.9 Å². The molecule has 0 spiro atoms. The number of piperazine rings is 1. The van der Waals surface area contributed by atoms with Gasteiger partial charge in [0.2, 0.25) is 5.91 Å². The highest BCUT2D eigenvalue weighted by atomic mass is 16.2. The van der Waals surface area contributed by atoms with Crippen LogP contribution in [0.15, 0.2) is 54.7 Å². The van der Waals surface area contributed by atoms with Gasteiger partial charge in [0.1, 0.15) is 0 Å². The second-order valence-electron chi connectivity index (χ2n) is 6.70. The van der Waals surface area contributed by atoms with E-state index in [1.54, 1.807) is 12.1 Å². The molecule has 0 radical (unpaired) electrons. The molecular formula is C21H26N4O2. The predicted octanol–water partition coefficient (Wildman–Crippen LogP) is 1.94. The quantitative estimate of drug-likeness (QED) is 0.761. The van der Waals surface area contributed by atoms with Crippen molar-refractivity contribution in [2.45, 2.75) is 19.4 Å². The average molecular weight is 366 g/mol. The Morgan fingerprint density at radius 1 is 0.963 bits per heavy atom. The molecule has 0 unspecified atom stereocenters. The summed E-state index contributed by atoms with van der Waals surface area (Å²) in [5.74, 6) is 0.0765. The van der Waals surface area contributed by atoms with Crippen molar-refractivity contribution >= 4 is 11.8 Å². The minimum absolute atomic E-state index is 0.0915. The number of rotatable bonds is 7. The molecule has 0 saturated carbocycles. The number of nitrogens with one attached hydrogen (secondary N) is 1. The Kier molecular flexibility index (Phi) is 6.93. The van der Waals surface area contributed by atoms with E-state index in [2.05, 4.69) is 15.2 Å². The molecule has 6 nitrogen and oxygen atoms in total. The Hall–Kier alpha value is -2.73. The van der Waals surface area contributed by atoms with E-state index >= 15 is 0 Å². The lowest BCUT2D eigenvalue weighted by atomic mass is 10.2. The van der Waals surface area contributed by atoms with Crippen LogP contribution in [0, 0.1) is 0 Å². The molecular weight excluding hydrogens is 340 g/mol. The molecule has 0 atom stereocenters. The smallest absolute Gasteiger partial charge is 0.251 e. The van der Waals surface area contributed by atoms with Crippen molar-refractivity contribution < 1.29 is 9.59 Å². The molecule has 2 amide bonds. The van der Waals surface area contributed by atoms with Gasteiger partial charge in [0.15, 0.2) is 0 Å². The number of hydrogen-bond donors (Lipinski definition) is 1. The molecule has 1 aliphatic heterocycles. The van der Waals surface area contributed by atoms with Crippen LogP contribution < -0.4 is 5.32 Å². The van der Waals surface area contributed by atoms with Crippen molar-refractivity contribution in [3.8, 4) is 0 Å². The summed E-state index contributed by atoms with van der Waals surface area (Å²) in [5, 5.41) is 2.87. The molecule has 1 fully saturated rings. The van der Waals surface area contributed by atoms with E-state index in [0.29, 0.717) is 24.9 Å². The third-order valence-corrected chi connectivity index (χ3v) is 4.73. The van der Waals surface area contributed by atoms with Crippen molar-refractivity contribution in [2.75, 3.05) is 32.7 Å². The fourth-order valence-electron chi connectivity index (χ4n) is 3.17. The van der Waals surface area contributed by atoms with Gasteiger partial charge in [-0.2, -0.15) is 0 Å². The first-order valence-corrected chi connectivity index (χ1v) is 9.45. The van der Waals surface area contributed by atoms with E-state index in [4.69, 9.17) is 0 Å². The van der Waals surface area contributed by atoms with Gasteiger partial charge in [-0.15, -0.1) is 0 Å². The van der Waals surface area contributed by atoms with Crippen molar-refractivity contribution in [2.24, 2.45) is 0 Å². The Bertz CT molecular complexity index is 728. The van der Waals surface area contributed by atoms with Crippen LogP contribution in [-0.2, 0) is 11.3 Å². The second kappa shape index (κ2) is 9.83. The molecule has 1 N–H and O–H groups in total. The summed E-state index contributed by atoms with van der Waals surface area (Å²) >= 11 is 0. The highest BCUT2D eigenvalue weighted by Gasteiger charge is 2.20. The topological polar surface area (TPSA) is 65.5 Å². The molecule has 1 aliphatic rings. The molecule has 3 rings (SSSR count). The molecule has 2 heterocycles. The van der Waals surface area contributed by atoms with Gasteiger partial charge < -0.3 is 10.2 Å². The SMILES string of the molecule is O=C(NCCCC(=O)N1CCN(Cc2ccccn2)CC1)c1ccccc1. The van der Waals surface area contributed by atoms with E-state index in [0.717, 1.165) is 38.4 Å². The summed E-state index contributed by atoms with van der Waals surface area (Å²) < 4.78 is 0. The van der Waals surface area contributed by atoms with Crippen molar-refractivity contribution in [1.29, 1.82) is 0 Å². The summed E-state index contributed by atoms with van der Waals surface area (Å²) in [4.78, 5) is 32.9. The molecule has 27 heavy (non-hydrogen) atoms. The number of amides is 2. The minimum Gasteiger partial charge on any atom is -0.352 e. The zero-order valence-electron chi connectivity index (χ0n) is 15.5. The standard InChI is InChI=1S/C21H26N4O2/c26-20(10-6-12-23-21(27)18-7-2-1-3-8-18)25-15-13-24(14-16-25)17-19-9-4-5-11-22-19/h1-5,7-9,11H,6,10,12-17H2,(H,23,27). The third kappa shape index (κ3) is 5.89. The number of benzene rings is 1. The van der Waals surface area contributed by atoms with Crippen LogP contribution in [0.3, 0.4) is 0 Å². The maximum atomic E-state index is 12.4. The summed E-state index contributed by atoms with van der Waals surface area (Å²) in [6.07, 6.45) is 2.94. The molecule has 1 saturated heterocycles. The maximum Gasteiger partial charge on any atom is 0.251 e. The lowest BCUT2D eigenvalue weighted by Crippen LogP contribution is -2.48. The van der Waals surface area contributed by atoms with E-state index < -0.39 is 0 Å². The van der Waals surface area contributed by atoms with Crippen LogP contribution >= 0.6 is 0 Å². The number of pyridine rings is 1. The maximum absolute atomic E-state index is 12.4. The lowest BCUT2D eigenvalue weighted by Gasteiger charge is -2.34. The lowest BCUT2D eigenvalue weighted by molar-refractivity contribution is -0.133. The van der Waals surface area contributed by atoms with E-state index in [1.165, 1.54) is 0 Å². The predicted molar refractivity (Wildman–Crippen MR) is 104 cm³/mol. The van der Waals surface area contributed by atoms with E-state index in [9.17, 15) is 9.59 Å². The highest BCUT2D eigenvalue weighted by Crippen LogP contribution is 2.08. The average Bonchev–Trinajstić information content (AvgIpc) is 2.73. The Morgan fingerprint density at radius 2 is 1.70 bits per heavy atom. The number of hydrogen-bond acceptors (Lipinski definition) is 4. The fourth-order valence-corrected chi connectivity index (χ4v) is 3.17. The van der Waals surface area contributed by atoms with Gasteiger partial charge in [0.25, 0.3) is 5.91 Å². The molecule has 1 aromatic heterocycles. The zero-order valence-corrected chi connectivity index (χ0v) is 15.5. The van der Waals surface area contributed by atoms with Crippen molar-refractivity contribution in [3.63, 3.8) is 0 Å². The van der Waals surface area contributed by atoms with Crippen LogP contribution in [-0.4, -0.2) is 59.3 Å². The van der Waals surface area contributed by atoms with Crippen molar-refractivity contribution in [1.82, 2.24) is 20.1 Å². The number of aromatic nitrogens is 1. The van der Waals surface area contributed by atoms with Gasteiger partial charge in [-0.25, -0.2) is 0 Å². The summed E-state index contributed by atoms with van der Waals surface area (Å²) in [7, 11) is 0. The summed E-state index contributed by atoms with van der Waals surface area (Å²) in [5.41, 5.74) is 1.71. The fraction of sp³-hybridized carbons (Fsp3) is 0.381. The molecule has 142 valence electrons. The van der Waals surface area contributed by atoms with Crippen molar-refractivity contribution in [3.05, 3.63) is 66.0 Å². The Morgan fingerprint density at radius 3 is 2.41 bits per heavy atom. The first kappa shape index (κ1) is 19.0. The van der Waals surface area contributed by atoms with Gasteiger partial charge in [0.05, 0.1) is 5.69 Å². The molecule has 0 bridgehead atoms. The van der Waals surface area contributed by atoms with Gasteiger partial charge in [0, 0.05) is 57.4 Å². The molecule has 0 aliphatic carbocycles. The number of carbonyl (C=O) groups is 2. The first-order chi connectivity index (χ1) is 13.2. The molecule has 2 aromatic rings. The van der Waals surface area contributed by atoms with Gasteiger partial charge in [-0.1, -0.05) is 24.3 Å². The van der Waals surface area contributed by atoms with Gasteiger partial charge in [-0.3, -0.25) is 19.5 Å². The minimum atomic E-state index is -0.0915. The van der Waals surface area contributed by atoms with Gasteiger partial charge in [-0.05, 0) is 30.7 Å². The Labute approximate surface area is 160 Å². The zero-order chi connectivity index (χ0) is 18.9. The van der Waals surface area contributed by atoms with E-state index in [-0.39, 0.29) is 11.8 Å². The Balaban J connectivity index is 1.32. The highest BCUT2D eigenvalue weighted by molar-refractivity contribution is 5.94. The second-order valence-corrected chi connectivity index (χ2v) is 6.70. The van der Waals surface area contributed by atoms with Crippen LogP contribution in [0.4, 0.5) is 0 Å². The first-order valence-electron chi connectivity index (χ1n) is 9.45. The molecule has 1 aromatic carbocycles. The third-order valence-electron chi connectivity index (χ3n) is 4.73. The number of nitrogens with zero attached hydrogens (tertiary/aromatic N) is 3. The van der Waals surface area contributed by atoms with Crippen LogP contribution in [0.2, 0.25) is 0 Å². The van der Waals surface area contributed by atoms with E-state index in [1.807, 2.05) is 47.5 Å². The van der Waals surface area contributed by atoms with Gasteiger partial charge >= 0.3 is 0 Å². The monoisotopic (exact) mass is 366 g/mol. The normalized spacial score (nSPS) is 14.7. The number of carbonyl (C=O) groups excluding carboxylic acids is 2. The molecule has 6 heteroatoms.